The Hall–Kier alpha value is -3.89. The second kappa shape index (κ2) is 10.8. The standard InChI is InChI=1S/C27H28ClN5O4S/c1-4-25-30-23-15-21(26(29)34)22(28)16-24(23)33(25)19-9-7-18(8-10-19)13-14-32(3)27(35)31-38(36,37)20-11-5-17(2)6-12-20/h5-12,15-16H,4,13-14H2,1-3H3,(H2,29,34)(H,31,35). The molecule has 3 amide bonds. The number of primary amides is 1. The van der Waals surface area contributed by atoms with Gasteiger partial charge in [-0.15, -0.1) is 0 Å². The third-order valence-electron chi connectivity index (χ3n) is 6.22. The maximum Gasteiger partial charge on any atom is 0.331 e. The van der Waals surface area contributed by atoms with E-state index >= 15 is 0 Å². The van der Waals surface area contributed by atoms with Gasteiger partial charge in [0.25, 0.3) is 10.0 Å². The van der Waals surface area contributed by atoms with Crippen molar-refractivity contribution >= 4 is 44.6 Å². The third-order valence-corrected chi connectivity index (χ3v) is 7.87. The number of urea groups is 1. The molecule has 3 N–H and O–H groups in total. The Morgan fingerprint density at radius 1 is 1.08 bits per heavy atom. The summed E-state index contributed by atoms with van der Waals surface area (Å²) in [5, 5.41) is 0.260. The molecule has 0 bridgehead atoms. The third kappa shape index (κ3) is 5.66. The van der Waals surface area contributed by atoms with Crippen LogP contribution < -0.4 is 10.5 Å². The molecule has 1 aromatic heterocycles. The minimum absolute atomic E-state index is 0.0334. The Bertz CT molecular complexity index is 1610. The number of hydrogen-bond donors (Lipinski definition) is 2. The first-order valence-electron chi connectivity index (χ1n) is 11.9. The van der Waals surface area contributed by atoms with Crippen LogP contribution in [0.4, 0.5) is 4.79 Å². The highest BCUT2D eigenvalue weighted by Crippen LogP contribution is 2.28. The molecule has 0 aliphatic heterocycles. The molecule has 11 heteroatoms. The Kier molecular flexibility index (Phi) is 7.75. The van der Waals surface area contributed by atoms with Gasteiger partial charge in [0, 0.05) is 25.7 Å². The normalized spacial score (nSPS) is 11.5. The molecule has 9 nitrogen and oxygen atoms in total. The van der Waals surface area contributed by atoms with E-state index in [-0.39, 0.29) is 15.5 Å². The average molecular weight is 554 g/mol. The van der Waals surface area contributed by atoms with Gasteiger partial charge in [-0.2, -0.15) is 0 Å². The summed E-state index contributed by atoms with van der Waals surface area (Å²) < 4.78 is 29.1. The Morgan fingerprint density at radius 2 is 1.74 bits per heavy atom. The van der Waals surface area contributed by atoms with Crippen LogP contribution in [0.1, 0.15) is 34.2 Å². The number of rotatable bonds is 8. The SMILES string of the molecule is CCc1nc2cc(C(N)=O)c(Cl)cc2n1-c1ccc(CCN(C)C(=O)NS(=O)(=O)c2ccc(C)cc2)cc1. The summed E-state index contributed by atoms with van der Waals surface area (Å²) in [6.45, 7) is 4.16. The van der Waals surface area contributed by atoms with Crippen LogP contribution in [-0.2, 0) is 22.9 Å². The number of nitrogens with zero attached hydrogens (tertiary/aromatic N) is 3. The molecule has 38 heavy (non-hydrogen) atoms. The molecular formula is C27H28ClN5O4S. The van der Waals surface area contributed by atoms with Crippen molar-refractivity contribution in [2.45, 2.75) is 31.6 Å². The number of fused-ring (bicyclic) bond motifs is 1. The number of aryl methyl sites for hydroxylation is 2. The quantitative estimate of drug-likeness (QED) is 0.338. The summed E-state index contributed by atoms with van der Waals surface area (Å²) in [7, 11) is -2.41. The van der Waals surface area contributed by atoms with Gasteiger partial charge in [0.1, 0.15) is 5.82 Å². The van der Waals surface area contributed by atoms with Gasteiger partial charge in [-0.1, -0.05) is 48.4 Å². The first-order valence-corrected chi connectivity index (χ1v) is 13.8. The van der Waals surface area contributed by atoms with Gasteiger partial charge in [-0.25, -0.2) is 22.9 Å². The first-order chi connectivity index (χ1) is 18.0. The summed E-state index contributed by atoms with van der Waals surface area (Å²) >= 11 is 6.30. The summed E-state index contributed by atoms with van der Waals surface area (Å²) in [6, 6.07) is 16.6. The van der Waals surface area contributed by atoms with Gasteiger partial charge in [-0.3, -0.25) is 9.36 Å². The lowest BCUT2D eigenvalue weighted by atomic mass is 10.1. The number of halogens is 1. The summed E-state index contributed by atoms with van der Waals surface area (Å²) in [4.78, 5) is 30.2. The van der Waals surface area contributed by atoms with Crippen molar-refractivity contribution in [3.63, 3.8) is 0 Å². The minimum atomic E-state index is -3.96. The molecule has 0 saturated heterocycles. The number of sulfonamides is 1. The van der Waals surface area contributed by atoms with Crippen molar-refractivity contribution in [1.29, 1.82) is 0 Å². The van der Waals surface area contributed by atoms with Crippen LogP contribution in [-0.4, -0.2) is 48.4 Å². The fraction of sp³-hybridized carbons (Fsp3) is 0.222. The van der Waals surface area contributed by atoms with E-state index in [1.807, 2.05) is 42.7 Å². The Labute approximate surface area is 226 Å². The number of nitrogens with two attached hydrogens (primary N) is 1. The predicted octanol–water partition coefficient (Wildman–Crippen LogP) is 4.22. The van der Waals surface area contributed by atoms with E-state index < -0.39 is 22.0 Å². The zero-order valence-corrected chi connectivity index (χ0v) is 22.8. The van der Waals surface area contributed by atoms with Crippen molar-refractivity contribution in [3.05, 3.63) is 88.2 Å². The van der Waals surface area contributed by atoms with Gasteiger partial charge in [-0.05, 0) is 55.3 Å². The molecule has 198 valence electrons. The number of carbonyl (C=O) groups excluding carboxylic acids is 2. The maximum absolute atomic E-state index is 12.5. The second-order valence-electron chi connectivity index (χ2n) is 8.96. The zero-order chi connectivity index (χ0) is 27.6. The molecule has 0 radical (unpaired) electrons. The molecule has 4 rings (SSSR count). The highest BCUT2D eigenvalue weighted by Gasteiger charge is 2.20. The van der Waals surface area contributed by atoms with Crippen LogP contribution in [0.25, 0.3) is 16.7 Å². The minimum Gasteiger partial charge on any atom is -0.366 e. The van der Waals surface area contributed by atoms with E-state index in [9.17, 15) is 18.0 Å². The number of benzene rings is 3. The molecule has 0 unspecified atom stereocenters. The molecule has 0 aliphatic rings. The summed E-state index contributed by atoms with van der Waals surface area (Å²) in [5.74, 6) is 0.192. The molecule has 4 aromatic rings. The predicted molar refractivity (Wildman–Crippen MR) is 147 cm³/mol. The molecule has 0 fully saturated rings. The lowest BCUT2D eigenvalue weighted by molar-refractivity contribution is 0.100. The fourth-order valence-corrected chi connectivity index (χ4v) is 5.29. The largest absolute Gasteiger partial charge is 0.366 e. The Morgan fingerprint density at radius 3 is 2.34 bits per heavy atom. The zero-order valence-electron chi connectivity index (χ0n) is 21.2. The number of nitrogens with one attached hydrogen (secondary N) is 1. The van der Waals surface area contributed by atoms with Crippen LogP contribution >= 0.6 is 11.6 Å². The van der Waals surface area contributed by atoms with Crippen molar-refractivity contribution in [2.24, 2.45) is 5.73 Å². The Balaban J connectivity index is 1.46. The van der Waals surface area contributed by atoms with E-state index in [0.29, 0.717) is 24.9 Å². The monoisotopic (exact) mass is 553 g/mol. The van der Waals surface area contributed by atoms with Gasteiger partial charge >= 0.3 is 6.03 Å². The van der Waals surface area contributed by atoms with Crippen molar-refractivity contribution in [2.75, 3.05) is 13.6 Å². The summed E-state index contributed by atoms with van der Waals surface area (Å²) in [5.41, 5.74) is 9.78. The maximum atomic E-state index is 12.5. The van der Waals surface area contributed by atoms with Crippen LogP contribution in [0.2, 0.25) is 5.02 Å². The van der Waals surface area contributed by atoms with Crippen molar-refractivity contribution in [3.8, 4) is 5.69 Å². The number of hydrogen-bond acceptors (Lipinski definition) is 5. The van der Waals surface area contributed by atoms with E-state index in [2.05, 4.69) is 9.71 Å². The van der Waals surface area contributed by atoms with Crippen LogP contribution in [0.15, 0.2) is 65.6 Å². The van der Waals surface area contributed by atoms with Gasteiger partial charge in [0.05, 0.1) is 26.5 Å². The number of imidazole rings is 1. The smallest absolute Gasteiger partial charge is 0.331 e. The molecule has 3 aromatic carbocycles. The topological polar surface area (TPSA) is 127 Å². The van der Waals surface area contributed by atoms with Gasteiger partial charge in [0.15, 0.2) is 0 Å². The molecule has 0 saturated carbocycles. The van der Waals surface area contributed by atoms with Crippen LogP contribution in [0, 0.1) is 6.92 Å². The number of likely N-dealkylation sites (N-methyl/N-ethyl adjacent to an activating group) is 1. The fourth-order valence-electron chi connectivity index (χ4n) is 4.04. The van der Waals surface area contributed by atoms with Gasteiger partial charge < -0.3 is 10.6 Å². The molecule has 0 spiro atoms. The first kappa shape index (κ1) is 27.2. The number of carbonyl (C=O) groups is 2. The van der Waals surface area contributed by atoms with Crippen molar-refractivity contribution in [1.82, 2.24) is 19.2 Å². The van der Waals surface area contributed by atoms with Crippen LogP contribution in [0.3, 0.4) is 0 Å². The summed E-state index contributed by atoms with van der Waals surface area (Å²) in [6.07, 6.45) is 1.18. The molecule has 0 aliphatic carbocycles. The highest BCUT2D eigenvalue weighted by atomic mass is 35.5. The molecule has 0 atom stereocenters. The van der Waals surface area contributed by atoms with E-state index in [1.54, 1.807) is 31.3 Å². The average Bonchev–Trinajstić information content (AvgIpc) is 3.24. The lowest BCUT2D eigenvalue weighted by Crippen LogP contribution is -2.41. The molecule has 1 heterocycles. The molecular weight excluding hydrogens is 526 g/mol. The van der Waals surface area contributed by atoms with E-state index in [4.69, 9.17) is 17.3 Å². The van der Waals surface area contributed by atoms with E-state index in [1.165, 1.54) is 17.0 Å². The van der Waals surface area contributed by atoms with Crippen LogP contribution in [0.5, 0.6) is 0 Å². The van der Waals surface area contributed by atoms with E-state index in [0.717, 1.165) is 28.2 Å². The lowest BCUT2D eigenvalue weighted by Gasteiger charge is -2.18. The number of amides is 3. The highest BCUT2D eigenvalue weighted by molar-refractivity contribution is 7.90. The van der Waals surface area contributed by atoms with Gasteiger partial charge in [0.2, 0.25) is 5.91 Å². The number of aromatic nitrogens is 2. The van der Waals surface area contributed by atoms with Crippen molar-refractivity contribution < 1.29 is 18.0 Å². The second-order valence-corrected chi connectivity index (χ2v) is 11.1.